The van der Waals surface area contributed by atoms with E-state index in [1.54, 1.807) is 26.1 Å². The maximum absolute atomic E-state index is 12.8. The molecule has 1 N–H and O–H groups in total. The number of hydrogen-bond donors (Lipinski definition) is 1. The van der Waals surface area contributed by atoms with Crippen LogP contribution in [0.5, 0.6) is 0 Å². The summed E-state index contributed by atoms with van der Waals surface area (Å²) >= 11 is 0. The van der Waals surface area contributed by atoms with Crippen molar-refractivity contribution in [2.45, 2.75) is 18.9 Å². The molecule has 0 aromatic heterocycles. The number of hydrogen-bond acceptors (Lipinski definition) is 4. The standard InChI is InChI=1S/C14H21FN2O2/c1-14(16-2,13(18)19-4)9-10-17(3)12-7-5-11(15)6-8-12/h5-8,16H,9-10H2,1-4H3. The van der Waals surface area contributed by atoms with Crippen LogP contribution in [-0.4, -0.2) is 39.3 Å². The maximum Gasteiger partial charge on any atom is 0.325 e. The van der Waals surface area contributed by atoms with E-state index in [4.69, 9.17) is 4.74 Å². The van der Waals surface area contributed by atoms with Gasteiger partial charge in [-0.2, -0.15) is 0 Å². The van der Waals surface area contributed by atoms with E-state index in [0.29, 0.717) is 13.0 Å². The molecule has 1 atom stereocenters. The molecule has 0 spiro atoms. The predicted molar refractivity (Wildman–Crippen MR) is 73.8 cm³/mol. The van der Waals surface area contributed by atoms with Crippen molar-refractivity contribution < 1.29 is 13.9 Å². The molecule has 0 heterocycles. The number of methoxy groups -OCH3 is 1. The van der Waals surface area contributed by atoms with Crippen LogP contribution >= 0.6 is 0 Å². The monoisotopic (exact) mass is 268 g/mol. The first-order valence-electron chi connectivity index (χ1n) is 6.17. The van der Waals surface area contributed by atoms with E-state index in [9.17, 15) is 9.18 Å². The third-order valence-corrected chi connectivity index (χ3v) is 3.40. The summed E-state index contributed by atoms with van der Waals surface area (Å²) in [5, 5.41) is 2.98. The minimum Gasteiger partial charge on any atom is -0.468 e. The lowest BCUT2D eigenvalue weighted by molar-refractivity contribution is -0.147. The summed E-state index contributed by atoms with van der Waals surface area (Å²) in [6.07, 6.45) is 0.587. The number of nitrogens with one attached hydrogen (secondary N) is 1. The van der Waals surface area contributed by atoms with Gasteiger partial charge in [-0.3, -0.25) is 4.79 Å². The van der Waals surface area contributed by atoms with Crippen molar-refractivity contribution in [3.8, 4) is 0 Å². The number of nitrogens with zero attached hydrogens (tertiary/aromatic N) is 1. The number of carbonyl (C=O) groups is 1. The summed E-state index contributed by atoms with van der Waals surface area (Å²) < 4.78 is 17.6. The average Bonchev–Trinajstić information content (AvgIpc) is 2.44. The van der Waals surface area contributed by atoms with Crippen LogP contribution in [0.4, 0.5) is 10.1 Å². The molecule has 5 heteroatoms. The zero-order valence-electron chi connectivity index (χ0n) is 11.9. The van der Waals surface area contributed by atoms with Crippen LogP contribution in [0.2, 0.25) is 0 Å². The number of rotatable bonds is 6. The van der Waals surface area contributed by atoms with Crippen LogP contribution in [0.15, 0.2) is 24.3 Å². The van der Waals surface area contributed by atoms with Gasteiger partial charge in [-0.25, -0.2) is 4.39 Å². The molecule has 0 aliphatic rings. The second-order valence-corrected chi connectivity index (χ2v) is 4.72. The molecule has 0 amide bonds. The third-order valence-electron chi connectivity index (χ3n) is 3.40. The van der Waals surface area contributed by atoms with Gasteiger partial charge in [0.25, 0.3) is 0 Å². The van der Waals surface area contributed by atoms with E-state index >= 15 is 0 Å². The summed E-state index contributed by atoms with van der Waals surface area (Å²) in [6.45, 7) is 2.45. The zero-order chi connectivity index (χ0) is 14.5. The summed E-state index contributed by atoms with van der Waals surface area (Å²) in [4.78, 5) is 13.7. The fraction of sp³-hybridized carbons (Fsp3) is 0.500. The topological polar surface area (TPSA) is 41.6 Å². The van der Waals surface area contributed by atoms with Crippen molar-refractivity contribution in [3.63, 3.8) is 0 Å². The van der Waals surface area contributed by atoms with Crippen LogP contribution in [0, 0.1) is 5.82 Å². The van der Waals surface area contributed by atoms with Gasteiger partial charge in [-0.05, 0) is 44.7 Å². The van der Waals surface area contributed by atoms with Gasteiger partial charge in [0, 0.05) is 19.3 Å². The molecule has 1 aromatic carbocycles. The largest absolute Gasteiger partial charge is 0.468 e. The predicted octanol–water partition coefficient (Wildman–Crippen LogP) is 1.80. The second kappa shape index (κ2) is 6.52. The van der Waals surface area contributed by atoms with Crippen molar-refractivity contribution in [2.75, 3.05) is 32.6 Å². The number of anilines is 1. The van der Waals surface area contributed by atoms with E-state index in [0.717, 1.165) is 5.69 Å². The normalized spacial score (nSPS) is 13.7. The van der Waals surface area contributed by atoms with Crippen LogP contribution < -0.4 is 10.2 Å². The Kier molecular flexibility index (Phi) is 5.30. The van der Waals surface area contributed by atoms with Gasteiger partial charge in [0.15, 0.2) is 0 Å². The molecule has 0 bridgehead atoms. The van der Waals surface area contributed by atoms with E-state index in [2.05, 4.69) is 5.32 Å². The molecule has 0 aliphatic heterocycles. The molecular weight excluding hydrogens is 247 g/mol. The van der Waals surface area contributed by atoms with E-state index in [-0.39, 0.29) is 11.8 Å². The summed E-state index contributed by atoms with van der Waals surface area (Å²) in [7, 11) is 5.01. The lowest BCUT2D eigenvalue weighted by atomic mass is 9.98. The Hall–Kier alpha value is -1.62. The summed E-state index contributed by atoms with van der Waals surface area (Å²) in [5.41, 5.74) is 0.188. The van der Waals surface area contributed by atoms with Gasteiger partial charge in [0.2, 0.25) is 0 Å². The number of halogens is 1. The van der Waals surface area contributed by atoms with Gasteiger partial charge >= 0.3 is 5.97 Å². The quantitative estimate of drug-likeness (QED) is 0.799. The molecule has 19 heavy (non-hydrogen) atoms. The first-order chi connectivity index (χ1) is 8.92. The molecule has 0 aliphatic carbocycles. The Morgan fingerprint density at radius 3 is 2.47 bits per heavy atom. The van der Waals surface area contributed by atoms with Gasteiger partial charge in [0.05, 0.1) is 7.11 Å². The Bertz CT molecular complexity index is 422. The Morgan fingerprint density at radius 2 is 2.00 bits per heavy atom. The minimum atomic E-state index is -0.719. The molecule has 1 aromatic rings. The number of esters is 1. The fourth-order valence-corrected chi connectivity index (χ4v) is 1.77. The highest BCUT2D eigenvalue weighted by Crippen LogP contribution is 2.17. The van der Waals surface area contributed by atoms with Crippen molar-refractivity contribution in [1.82, 2.24) is 5.32 Å². The molecule has 0 saturated carbocycles. The minimum absolute atomic E-state index is 0.258. The van der Waals surface area contributed by atoms with Crippen molar-refractivity contribution in [1.29, 1.82) is 0 Å². The van der Waals surface area contributed by atoms with Gasteiger partial charge < -0.3 is 15.0 Å². The highest BCUT2D eigenvalue weighted by Gasteiger charge is 2.32. The number of ether oxygens (including phenoxy) is 1. The molecular formula is C14H21FN2O2. The smallest absolute Gasteiger partial charge is 0.325 e. The van der Waals surface area contributed by atoms with Crippen molar-refractivity contribution >= 4 is 11.7 Å². The van der Waals surface area contributed by atoms with Gasteiger partial charge in [-0.1, -0.05) is 0 Å². The lowest BCUT2D eigenvalue weighted by Crippen LogP contribution is -2.50. The fourth-order valence-electron chi connectivity index (χ4n) is 1.77. The molecule has 4 nitrogen and oxygen atoms in total. The first kappa shape index (κ1) is 15.4. The second-order valence-electron chi connectivity index (χ2n) is 4.72. The Labute approximate surface area is 113 Å². The molecule has 0 radical (unpaired) electrons. The van der Waals surface area contributed by atoms with Gasteiger partial charge in [0.1, 0.15) is 11.4 Å². The zero-order valence-corrected chi connectivity index (χ0v) is 11.9. The Morgan fingerprint density at radius 1 is 1.42 bits per heavy atom. The first-order valence-corrected chi connectivity index (χ1v) is 6.17. The van der Waals surface area contributed by atoms with E-state index < -0.39 is 5.54 Å². The number of likely N-dealkylation sites (N-methyl/N-ethyl adjacent to an activating group) is 1. The third kappa shape index (κ3) is 3.92. The van der Waals surface area contributed by atoms with E-state index in [1.807, 2.05) is 11.9 Å². The summed E-state index contributed by atoms with van der Waals surface area (Å²) in [5.74, 6) is -0.547. The highest BCUT2D eigenvalue weighted by molar-refractivity contribution is 5.80. The average molecular weight is 268 g/mol. The van der Waals surface area contributed by atoms with Crippen molar-refractivity contribution in [2.24, 2.45) is 0 Å². The van der Waals surface area contributed by atoms with Crippen LogP contribution in [0.1, 0.15) is 13.3 Å². The molecule has 0 saturated heterocycles. The Balaban J connectivity index is 2.64. The number of carbonyl (C=O) groups excluding carboxylic acids is 1. The highest BCUT2D eigenvalue weighted by atomic mass is 19.1. The molecule has 1 unspecified atom stereocenters. The number of benzene rings is 1. The van der Waals surface area contributed by atoms with Crippen LogP contribution in [0.25, 0.3) is 0 Å². The lowest BCUT2D eigenvalue weighted by Gasteiger charge is -2.29. The SMILES string of the molecule is CNC(C)(CCN(C)c1ccc(F)cc1)C(=O)OC. The van der Waals surface area contributed by atoms with E-state index in [1.165, 1.54) is 19.2 Å². The maximum atomic E-state index is 12.8. The van der Waals surface area contributed by atoms with Gasteiger partial charge in [-0.15, -0.1) is 0 Å². The summed E-state index contributed by atoms with van der Waals surface area (Å²) in [6, 6.07) is 6.27. The molecule has 0 fully saturated rings. The van der Waals surface area contributed by atoms with Crippen LogP contribution in [-0.2, 0) is 9.53 Å². The van der Waals surface area contributed by atoms with Crippen LogP contribution in [0.3, 0.4) is 0 Å². The molecule has 1 rings (SSSR count). The molecule has 106 valence electrons. The van der Waals surface area contributed by atoms with Crippen molar-refractivity contribution in [3.05, 3.63) is 30.1 Å².